The highest BCUT2D eigenvalue weighted by Crippen LogP contribution is 2.35. The van der Waals surface area contributed by atoms with Crippen molar-refractivity contribution in [3.05, 3.63) is 23.9 Å². The van der Waals surface area contributed by atoms with Gasteiger partial charge >= 0.3 is 12.2 Å². The van der Waals surface area contributed by atoms with Gasteiger partial charge in [-0.15, -0.1) is 0 Å². The Morgan fingerprint density at radius 1 is 1.45 bits per heavy atom. The molecule has 1 atom stereocenters. The van der Waals surface area contributed by atoms with Crippen LogP contribution >= 0.6 is 0 Å². The lowest BCUT2D eigenvalue weighted by Crippen LogP contribution is -2.56. The Labute approximate surface area is 114 Å². The average molecular weight is 288 g/mol. The molecule has 1 saturated heterocycles. The minimum absolute atomic E-state index is 0.101. The van der Waals surface area contributed by atoms with Gasteiger partial charge in [0, 0.05) is 31.9 Å². The highest BCUT2D eigenvalue weighted by Gasteiger charge is 2.37. The summed E-state index contributed by atoms with van der Waals surface area (Å²) in [6.07, 6.45) is -3.12. The monoisotopic (exact) mass is 288 g/mol. The summed E-state index contributed by atoms with van der Waals surface area (Å²) in [5.41, 5.74) is 4.45. The zero-order valence-electron chi connectivity index (χ0n) is 10.9. The number of rotatable bonds is 1. The predicted molar refractivity (Wildman–Crippen MR) is 67.2 cm³/mol. The molecule has 1 aromatic heterocycles. The van der Waals surface area contributed by atoms with Crippen molar-refractivity contribution in [1.29, 1.82) is 0 Å². The van der Waals surface area contributed by atoms with Crippen molar-refractivity contribution in [3.8, 4) is 0 Å². The molecule has 0 bridgehead atoms. The molecule has 0 radical (unpaired) electrons. The molecular formula is C12H15F3N4O. The van der Waals surface area contributed by atoms with Crippen LogP contribution in [0.15, 0.2) is 18.3 Å². The van der Waals surface area contributed by atoms with Crippen molar-refractivity contribution in [2.75, 3.05) is 24.5 Å². The molecule has 2 amide bonds. The number of carbonyl (C=O) groups is 1. The van der Waals surface area contributed by atoms with E-state index in [2.05, 4.69) is 4.98 Å². The number of piperazine rings is 1. The van der Waals surface area contributed by atoms with Crippen molar-refractivity contribution in [2.45, 2.75) is 19.1 Å². The Morgan fingerprint density at radius 2 is 2.15 bits per heavy atom. The van der Waals surface area contributed by atoms with E-state index in [4.69, 9.17) is 5.73 Å². The van der Waals surface area contributed by atoms with Crippen molar-refractivity contribution in [2.24, 2.45) is 5.73 Å². The van der Waals surface area contributed by atoms with Crippen LogP contribution in [0.1, 0.15) is 12.5 Å². The molecule has 2 N–H and O–H groups in total. The van der Waals surface area contributed by atoms with E-state index in [0.717, 1.165) is 6.07 Å². The fraction of sp³-hybridized carbons (Fsp3) is 0.500. The smallest absolute Gasteiger partial charge is 0.352 e. The van der Waals surface area contributed by atoms with Crippen LogP contribution in [-0.2, 0) is 6.18 Å². The van der Waals surface area contributed by atoms with E-state index in [-0.39, 0.29) is 31.5 Å². The lowest BCUT2D eigenvalue weighted by atomic mass is 10.1. The van der Waals surface area contributed by atoms with E-state index >= 15 is 0 Å². The molecule has 1 aliphatic rings. The fourth-order valence-corrected chi connectivity index (χ4v) is 2.35. The summed E-state index contributed by atoms with van der Waals surface area (Å²) in [5.74, 6) is -0.101. The highest BCUT2D eigenvalue weighted by atomic mass is 19.4. The van der Waals surface area contributed by atoms with E-state index in [0.29, 0.717) is 0 Å². The first kappa shape index (κ1) is 14.4. The molecule has 1 fully saturated rings. The van der Waals surface area contributed by atoms with E-state index in [9.17, 15) is 18.0 Å². The number of anilines is 1. The summed E-state index contributed by atoms with van der Waals surface area (Å²) in [6.45, 7) is 2.56. The van der Waals surface area contributed by atoms with E-state index in [1.54, 1.807) is 6.92 Å². The van der Waals surface area contributed by atoms with Crippen LogP contribution in [0.4, 0.5) is 23.8 Å². The van der Waals surface area contributed by atoms with Crippen LogP contribution < -0.4 is 10.6 Å². The Kier molecular flexibility index (Phi) is 3.74. The second-order valence-electron chi connectivity index (χ2n) is 4.70. The number of hydrogen-bond donors (Lipinski definition) is 1. The SMILES string of the molecule is CC1CN(c2ncccc2C(F)(F)F)CCN1C(N)=O. The molecule has 0 spiro atoms. The highest BCUT2D eigenvalue weighted by molar-refractivity contribution is 5.72. The van der Waals surface area contributed by atoms with Gasteiger partial charge in [-0.05, 0) is 19.1 Å². The van der Waals surface area contributed by atoms with Gasteiger partial charge in [-0.25, -0.2) is 9.78 Å². The second-order valence-corrected chi connectivity index (χ2v) is 4.70. The molecule has 8 heteroatoms. The third kappa shape index (κ3) is 2.78. The molecule has 20 heavy (non-hydrogen) atoms. The first-order valence-electron chi connectivity index (χ1n) is 6.14. The van der Waals surface area contributed by atoms with Crippen LogP contribution in [0, 0.1) is 0 Å². The van der Waals surface area contributed by atoms with Gasteiger partial charge in [0.1, 0.15) is 5.82 Å². The van der Waals surface area contributed by atoms with Gasteiger partial charge in [0.05, 0.1) is 5.56 Å². The fourth-order valence-electron chi connectivity index (χ4n) is 2.35. The van der Waals surface area contributed by atoms with E-state index in [1.165, 1.54) is 22.1 Å². The number of halogens is 3. The molecule has 2 heterocycles. The van der Waals surface area contributed by atoms with Crippen LogP contribution in [0.25, 0.3) is 0 Å². The molecule has 2 rings (SSSR count). The van der Waals surface area contributed by atoms with Gasteiger partial charge in [-0.3, -0.25) is 0 Å². The summed E-state index contributed by atoms with van der Waals surface area (Å²) in [7, 11) is 0. The molecule has 1 aliphatic heterocycles. The van der Waals surface area contributed by atoms with Crippen LogP contribution in [-0.4, -0.2) is 41.6 Å². The minimum Gasteiger partial charge on any atom is -0.352 e. The number of amides is 2. The third-order valence-electron chi connectivity index (χ3n) is 3.30. The number of nitrogens with two attached hydrogens (primary N) is 1. The molecule has 110 valence electrons. The molecule has 5 nitrogen and oxygen atoms in total. The average Bonchev–Trinajstić information content (AvgIpc) is 2.37. The molecule has 0 aromatic carbocycles. The zero-order valence-corrected chi connectivity index (χ0v) is 10.9. The maximum Gasteiger partial charge on any atom is 0.419 e. The van der Waals surface area contributed by atoms with Crippen molar-refractivity contribution < 1.29 is 18.0 Å². The van der Waals surface area contributed by atoms with Gasteiger partial charge < -0.3 is 15.5 Å². The number of nitrogens with zero attached hydrogens (tertiary/aromatic N) is 3. The van der Waals surface area contributed by atoms with Crippen molar-refractivity contribution >= 4 is 11.8 Å². The Balaban J connectivity index is 2.24. The number of aromatic nitrogens is 1. The number of primary amides is 1. The second kappa shape index (κ2) is 5.18. The summed E-state index contributed by atoms with van der Waals surface area (Å²) in [6, 6.07) is 1.45. The van der Waals surface area contributed by atoms with Crippen molar-refractivity contribution in [1.82, 2.24) is 9.88 Å². The summed E-state index contributed by atoms with van der Waals surface area (Å²) in [5, 5.41) is 0. The van der Waals surface area contributed by atoms with Crippen LogP contribution in [0.3, 0.4) is 0 Å². The Morgan fingerprint density at radius 3 is 2.70 bits per heavy atom. The first-order chi connectivity index (χ1) is 9.30. The van der Waals surface area contributed by atoms with Crippen LogP contribution in [0.5, 0.6) is 0 Å². The quantitative estimate of drug-likeness (QED) is 0.855. The van der Waals surface area contributed by atoms with Gasteiger partial charge in [0.25, 0.3) is 0 Å². The number of carbonyl (C=O) groups excluding carboxylic acids is 1. The van der Waals surface area contributed by atoms with Gasteiger partial charge in [-0.2, -0.15) is 13.2 Å². The Bertz CT molecular complexity index is 506. The summed E-state index contributed by atoms with van der Waals surface area (Å²) < 4.78 is 38.9. The maximum atomic E-state index is 13.0. The number of alkyl halides is 3. The third-order valence-corrected chi connectivity index (χ3v) is 3.30. The van der Waals surface area contributed by atoms with Gasteiger partial charge in [-0.1, -0.05) is 0 Å². The normalized spacial score (nSPS) is 20.1. The van der Waals surface area contributed by atoms with Gasteiger partial charge in [0.15, 0.2) is 0 Å². The largest absolute Gasteiger partial charge is 0.419 e. The topological polar surface area (TPSA) is 62.5 Å². The Hall–Kier alpha value is -1.99. The van der Waals surface area contributed by atoms with E-state index < -0.39 is 17.8 Å². The number of pyridine rings is 1. The minimum atomic E-state index is -4.45. The lowest BCUT2D eigenvalue weighted by Gasteiger charge is -2.40. The standard InChI is InChI=1S/C12H15F3N4O/c1-8-7-18(5-6-19(8)11(16)20)10-9(12(13,14)15)3-2-4-17-10/h2-4,8H,5-7H2,1H3,(H2,16,20). The van der Waals surface area contributed by atoms with E-state index in [1.807, 2.05) is 0 Å². The first-order valence-corrected chi connectivity index (χ1v) is 6.14. The maximum absolute atomic E-state index is 13.0. The molecule has 0 aliphatic carbocycles. The van der Waals surface area contributed by atoms with Gasteiger partial charge in [0.2, 0.25) is 0 Å². The molecule has 1 unspecified atom stereocenters. The van der Waals surface area contributed by atoms with Crippen LogP contribution in [0.2, 0.25) is 0 Å². The zero-order chi connectivity index (χ0) is 14.9. The lowest BCUT2D eigenvalue weighted by molar-refractivity contribution is -0.137. The summed E-state index contributed by atoms with van der Waals surface area (Å²) in [4.78, 5) is 18.0. The number of urea groups is 1. The molecule has 0 saturated carbocycles. The summed E-state index contributed by atoms with van der Waals surface area (Å²) >= 11 is 0. The van der Waals surface area contributed by atoms with Crippen molar-refractivity contribution in [3.63, 3.8) is 0 Å². The number of hydrogen-bond acceptors (Lipinski definition) is 3. The molecule has 1 aromatic rings. The predicted octanol–water partition coefficient (Wildman–Crippen LogP) is 1.69. The molecular weight excluding hydrogens is 273 g/mol.